The lowest BCUT2D eigenvalue weighted by molar-refractivity contribution is -0.274. The molecule has 0 aromatic heterocycles. The van der Waals surface area contributed by atoms with Gasteiger partial charge in [0.1, 0.15) is 11.5 Å². The zero-order valence-electron chi connectivity index (χ0n) is 10.8. The Morgan fingerprint density at radius 2 is 2.05 bits per heavy atom. The van der Waals surface area contributed by atoms with Crippen LogP contribution in [0, 0.1) is 0 Å². The number of rotatable bonds is 5. The van der Waals surface area contributed by atoms with E-state index < -0.39 is 12.4 Å². The second-order valence-electron chi connectivity index (χ2n) is 4.22. The zero-order valence-corrected chi connectivity index (χ0v) is 10.8. The molecule has 0 bridgehead atoms. The normalized spacial score (nSPS) is 12.9. The molecule has 1 aromatic carbocycles. The Bertz CT molecular complexity index is 458. The fourth-order valence-corrected chi connectivity index (χ4v) is 1.68. The summed E-state index contributed by atoms with van der Waals surface area (Å²) < 4.78 is 45.5. The van der Waals surface area contributed by atoms with Crippen LogP contribution in [0.2, 0.25) is 0 Å². The second kappa shape index (κ2) is 5.97. The summed E-state index contributed by atoms with van der Waals surface area (Å²) in [6, 6.07) is 3.32. The molecule has 106 valence electrons. The summed E-state index contributed by atoms with van der Waals surface area (Å²) in [6.07, 6.45) is -4.28. The molecule has 0 aliphatic heterocycles. The van der Waals surface area contributed by atoms with Crippen molar-refractivity contribution >= 4 is 0 Å². The van der Waals surface area contributed by atoms with Crippen molar-refractivity contribution in [1.82, 2.24) is 0 Å². The highest BCUT2D eigenvalue weighted by molar-refractivity contribution is 5.42. The summed E-state index contributed by atoms with van der Waals surface area (Å²) in [5, 5.41) is 0. The third kappa shape index (κ3) is 4.82. The molecular formula is C13H16F3NO2. The van der Waals surface area contributed by atoms with Gasteiger partial charge in [-0.15, -0.1) is 19.8 Å². The van der Waals surface area contributed by atoms with E-state index in [1.165, 1.54) is 25.3 Å². The van der Waals surface area contributed by atoms with Gasteiger partial charge in [-0.05, 0) is 31.5 Å². The molecule has 0 saturated carbocycles. The summed E-state index contributed by atoms with van der Waals surface area (Å²) in [4.78, 5) is 0. The fraction of sp³-hybridized carbons (Fsp3) is 0.385. The lowest BCUT2D eigenvalue weighted by Crippen LogP contribution is -2.18. The van der Waals surface area contributed by atoms with Gasteiger partial charge in [0.05, 0.1) is 7.11 Å². The Hall–Kier alpha value is -1.69. The quantitative estimate of drug-likeness (QED) is 0.836. The highest BCUT2D eigenvalue weighted by Crippen LogP contribution is 2.33. The summed E-state index contributed by atoms with van der Waals surface area (Å²) in [6.45, 7) is 5.52. The third-order valence-electron chi connectivity index (χ3n) is 2.40. The molecule has 0 aliphatic carbocycles. The Morgan fingerprint density at radius 1 is 1.42 bits per heavy atom. The number of hydrogen-bond acceptors (Lipinski definition) is 3. The van der Waals surface area contributed by atoms with Crippen molar-refractivity contribution in [2.75, 3.05) is 7.11 Å². The van der Waals surface area contributed by atoms with Crippen molar-refractivity contribution in [3.05, 3.63) is 35.9 Å². The number of ether oxygens (including phenoxy) is 2. The molecule has 0 radical (unpaired) electrons. The van der Waals surface area contributed by atoms with Gasteiger partial charge in [0.25, 0.3) is 0 Å². The number of alkyl halides is 3. The number of benzene rings is 1. The van der Waals surface area contributed by atoms with E-state index in [1.807, 2.05) is 0 Å². The SMILES string of the molecule is C=C(C)C[C@H](N)c1cc(OC(F)(F)F)ccc1OC. The Balaban J connectivity index is 3.05. The van der Waals surface area contributed by atoms with Crippen LogP contribution in [-0.2, 0) is 0 Å². The van der Waals surface area contributed by atoms with Gasteiger partial charge in [-0.2, -0.15) is 0 Å². The summed E-state index contributed by atoms with van der Waals surface area (Å²) in [5.74, 6) is 0.101. The molecule has 0 heterocycles. The number of methoxy groups -OCH3 is 1. The molecule has 0 fully saturated rings. The molecule has 19 heavy (non-hydrogen) atoms. The molecule has 1 aromatic rings. The molecular weight excluding hydrogens is 259 g/mol. The summed E-state index contributed by atoms with van der Waals surface area (Å²) in [7, 11) is 1.43. The maximum absolute atomic E-state index is 12.2. The largest absolute Gasteiger partial charge is 0.573 e. The zero-order chi connectivity index (χ0) is 14.6. The Morgan fingerprint density at radius 3 is 2.53 bits per heavy atom. The molecule has 1 rings (SSSR count). The minimum atomic E-state index is -4.73. The second-order valence-corrected chi connectivity index (χ2v) is 4.22. The topological polar surface area (TPSA) is 44.5 Å². The average Bonchev–Trinajstić information content (AvgIpc) is 2.25. The van der Waals surface area contributed by atoms with Crippen LogP contribution in [0.25, 0.3) is 0 Å². The van der Waals surface area contributed by atoms with Crippen LogP contribution in [0.15, 0.2) is 30.4 Å². The van der Waals surface area contributed by atoms with Crippen LogP contribution in [-0.4, -0.2) is 13.5 Å². The van der Waals surface area contributed by atoms with Crippen LogP contribution in [0.1, 0.15) is 24.9 Å². The van der Waals surface area contributed by atoms with Gasteiger partial charge in [-0.3, -0.25) is 0 Å². The first-order chi connectivity index (χ1) is 8.73. The van der Waals surface area contributed by atoms with Crippen molar-refractivity contribution in [2.45, 2.75) is 25.7 Å². The van der Waals surface area contributed by atoms with Crippen molar-refractivity contribution in [2.24, 2.45) is 5.73 Å². The van der Waals surface area contributed by atoms with E-state index in [9.17, 15) is 13.2 Å². The molecule has 0 amide bonds. The first-order valence-electron chi connectivity index (χ1n) is 5.56. The Kier molecular flexibility index (Phi) is 4.83. The minimum absolute atomic E-state index is 0.319. The monoisotopic (exact) mass is 275 g/mol. The van der Waals surface area contributed by atoms with Gasteiger partial charge in [0.2, 0.25) is 0 Å². The van der Waals surface area contributed by atoms with Gasteiger partial charge in [-0.25, -0.2) is 0 Å². The number of halogens is 3. The van der Waals surface area contributed by atoms with E-state index in [0.29, 0.717) is 17.7 Å². The predicted octanol–water partition coefficient (Wildman–Crippen LogP) is 3.56. The molecule has 0 spiro atoms. The van der Waals surface area contributed by atoms with Crippen molar-refractivity contribution < 1.29 is 22.6 Å². The molecule has 3 nitrogen and oxygen atoms in total. The molecule has 0 saturated heterocycles. The Labute approximate surface area is 109 Å². The van der Waals surface area contributed by atoms with E-state index in [1.54, 1.807) is 6.92 Å². The maximum Gasteiger partial charge on any atom is 0.573 e. The molecule has 2 N–H and O–H groups in total. The van der Waals surface area contributed by atoms with Gasteiger partial charge < -0.3 is 15.2 Å². The molecule has 0 unspecified atom stereocenters. The minimum Gasteiger partial charge on any atom is -0.496 e. The molecule has 0 aliphatic rings. The van der Waals surface area contributed by atoms with E-state index in [0.717, 1.165) is 5.57 Å². The lowest BCUT2D eigenvalue weighted by Gasteiger charge is -2.17. The van der Waals surface area contributed by atoms with E-state index in [4.69, 9.17) is 10.5 Å². The van der Waals surface area contributed by atoms with Gasteiger partial charge >= 0.3 is 6.36 Å². The van der Waals surface area contributed by atoms with Gasteiger partial charge in [0, 0.05) is 11.6 Å². The lowest BCUT2D eigenvalue weighted by atomic mass is 10.00. The number of nitrogens with two attached hydrogens (primary N) is 1. The van der Waals surface area contributed by atoms with Gasteiger partial charge in [0.15, 0.2) is 0 Å². The van der Waals surface area contributed by atoms with E-state index in [-0.39, 0.29) is 5.75 Å². The highest BCUT2D eigenvalue weighted by Gasteiger charge is 2.31. The average molecular weight is 275 g/mol. The first-order valence-corrected chi connectivity index (χ1v) is 5.56. The molecule has 6 heteroatoms. The molecule has 1 atom stereocenters. The fourth-order valence-electron chi connectivity index (χ4n) is 1.68. The van der Waals surface area contributed by atoms with Crippen LogP contribution < -0.4 is 15.2 Å². The summed E-state index contributed by atoms with van der Waals surface area (Å²) >= 11 is 0. The third-order valence-corrected chi connectivity index (χ3v) is 2.40. The van der Waals surface area contributed by atoms with E-state index in [2.05, 4.69) is 11.3 Å². The summed E-state index contributed by atoms with van der Waals surface area (Å²) in [5.41, 5.74) is 7.21. The van der Waals surface area contributed by atoms with Crippen molar-refractivity contribution in [3.63, 3.8) is 0 Å². The van der Waals surface area contributed by atoms with Crippen LogP contribution >= 0.6 is 0 Å². The van der Waals surface area contributed by atoms with E-state index >= 15 is 0 Å². The highest BCUT2D eigenvalue weighted by atomic mass is 19.4. The number of hydrogen-bond donors (Lipinski definition) is 1. The first kappa shape index (κ1) is 15.4. The van der Waals surface area contributed by atoms with Crippen LogP contribution in [0.5, 0.6) is 11.5 Å². The maximum atomic E-state index is 12.2. The standard InChI is InChI=1S/C13H16F3NO2/c1-8(2)6-11(17)10-7-9(19-13(14,15)16)4-5-12(10)18-3/h4-5,7,11H,1,6,17H2,2-3H3/t11-/m0/s1. The van der Waals surface area contributed by atoms with Crippen LogP contribution in [0.4, 0.5) is 13.2 Å². The predicted molar refractivity (Wildman–Crippen MR) is 66.0 cm³/mol. The van der Waals surface area contributed by atoms with Gasteiger partial charge in [-0.1, -0.05) is 5.57 Å². The smallest absolute Gasteiger partial charge is 0.496 e. The van der Waals surface area contributed by atoms with Crippen molar-refractivity contribution in [1.29, 1.82) is 0 Å². The van der Waals surface area contributed by atoms with Crippen molar-refractivity contribution in [3.8, 4) is 11.5 Å². The van der Waals surface area contributed by atoms with Crippen LogP contribution in [0.3, 0.4) is 0 Å².